The third kappa shape index (κ3) is 5.96. The SMILES string of the molecule is CC1CN(Cc2nc3ccc(C(=O)O)cc3n2C[C@@H]2CCO2)CCC1c1ccccc1OCc1ccc(Cl)cc1F. The van der Waals surface area contributed by atoms with Crippen LogP contribution in [0.4, 0.5) is 4.39 Å². The fraction of sp³-hybridized carbons (Fsp3) is 0.375. The summed E-state index contributed by atoms with van der Waals surface area (Å²) in [6.07, 6.45) is 2.07. The van der Waals surface area contributed by atoms with Crippen LogP contribution >= 0.6 is 11.6 Å². The van der Waals surface area contributed by atoms with Crippen molar-refractivity contribution in [2.75, 3.05) is 19.7 Å². The predicted octanol–water partition coefficient (Wildman–Crippen LogP) is 6.52. The number of fused-ring (bicyclic) bond motifs is 1. The zero-order chi connectivity index (χ0) is 28.5. The van der Waals surface area contributed by atoms with E-state index in [1.807, 2.05) is 18.2 Å². The molecule has 0 saturated carbocycles. The largest absolute Gasteiger partial charge is 0.489 e. The Morgan fingerprint density at radius 1 is 1.17 bits per heavy atom. The third-order valence-electron chi connectivity index (χ3n) is 8.33. The molecule has 0 spiro atoms. The first-order valence-corrected chi connectivity index (χ1v) is 14.5. The van der Waals surface area contributed by atoms with Crippen LogP contribution in [0.3, 0.4) is 0 Å². The molecule has 2 fully saturated rings. The highest BCUT2D eigenvalue weighted by atomic mass is 35.5. The van der Waals surface area contributed by atoms with Crippen LogP contribution in [0.2, 0.25) is 5.02 Å². The molecule has 2 aliphatic heterocycles. The van der Waals surface area contributed by atoms with Gasteiger partial charge in [-0.3, -0.25) is 4.90 Å². The van der Waals surface area contributed by atoms with Crippen LogP contribution in [0, 0.1) is 11.7 Å². The summed E-state index contributed by atoms with van der Waals surface area (Å²) in [6.45, 7) is 6.27. The van der Waals surface area contributed by atoms with Crippen molar-refractivity contribution in [2.45, 2.75) is 51.5 Å². The summed E-state index contributed by atoms with van der Waals surface area (Å²) in [6, 6.07) is 17.8. The molecule has 0 amide bonds. The van der Waals surface area contributed by atoms with E-state index in [1.54, 1.807) is 30.3 Å². The van der Waals surface area contributed by atoms with Crippen molar-refractivity contribution in [2.24, 2.45) is 5.92 Å². The van der Waals surface area contributed by atoms with Gasteiger partial charge in [-0.05, 0) is 73.2 Å². The molecule has 7 nitrogen and oxygen atoms in total. The maximum absolute atomic E-state index is 14.3. The maximum atomic E-state index is 14.3. The van der Waals surface area contributed by atoms with Crippen molar-refractivity contribution in [1.29, 1.82) is 0 Å². The number of benzene rings is 3. The van der Waals surface area contributed by atoms with Gasteiger partial charge in [0.2, 0.25) is 0 Å². The number of imidazole rings is 1. The minimum atomic E-state index is -0.945. The number of nitrogens with zero attached hydrogens (tertiary/aromatic N) is 3. The van der Waals surface area contributed by atoms with Crippen LogP contribution < -0.4 is 4.74 Å². The van der Waals surface area contributed by atoms with E-state index in [-0.39, 0.29) is 24.1 Å². The Bertz CT molecular complexity index is 1570. The number of hydrogen-bond acceptors (Lipinski definition) is 5. The molecule has 1 aromatic heterocycles. The van der Waals surface area contributed by atoms with Crippen LogP contribution in [0.5, 0.6) is 5.75 Å². The highest BCUT2D eigenvalue weighted by Crippen LogP contribution is 2.38. The van der Waals surface area contributed by atoms with Gasteiger partial charge in [0.25, 0.3) is 0 Å². The number of rotatable bonds is 9. The summed E-state index contributed by atoms with van der Waals surface area (Å²) < 4.78 is 28.3. The van der Waals surface area contributed by atoms with Gasteiger partial charge in [0.1, 0.15) is 24.0 Å². The molecule has 4 aromatic rings. The Balaban J connectivity index is 1.17. The smallest absolute Gasteiger partial charge is 0.335 e. The van der Waals surface area contributed by atoms with Crippen molar-refractivity contribution in [3.63, 3.8) is 0 Å². The summed E-state index contributed by atoms with van der Waals surface area (Å²) in [5.74, 6) is 1.05. The standard InChI is InChI=1S/C32H33ClFN3O4/c1-20-16-36(18-31-35-28-9-7-21(32(38)39)14-29(28)37(31)17-24-11-13-40-24)12-10-25(20)26-4-2-3-5-30(26)41-19-22-6-8-23(33)15-27(22)34/h2-9,14-15,20,24-25H,10-13,16-19H2,1H3,(H,38,39)/t20?,24-,25?/m0/s1. The van der Waals surface area contributed by atoms with Crippen molar-refractivity contribution >= 4 is 28.6 Å². The average molecular weight is 578 g/mol. The monoisotopic (exact) mass is 577 g/mol. The number of likely N-dealkylation sites (tertiary alicyclic amines) is 1. The number of ether oxygens (including phenoxy) is 2. The van der Waals surface area contributed by atoms with Crippen molar-refractivity contribution < 1.29 is 23.8 Å². The van der Waals surface area contributed by atoms with E-state index in [9.17, 15) is 14.3 Å². The summed E-state index contributed by atoms with van der Waals surface area (Å²) >= 11 is 5.90. The summed E-state index contributed by atoms with van der Waals surface area (Å²) in [5, 5.41) is 9.90. The van der Waals surface area contributed by atoms with Crippen LogP contribution in [0.25, 0.3) is 11.0 Å². The van der Waals surface area contributed by atoms with E-state index in [4.69, 9.17) is 26.1 Å². The highest BCUT2D eigenvalue weighted by molar-refractivity contribution is 6.30. The van der Waals surface area contributed by atoms with Crippen molar-refractivity contribution in [1.82, 2.24) is 14.5 Å². The molecular weight excluding hydrogens is 545 g/mol. The van der Waals surface area contributed by atoms with Crippen LogP contribution in [0.1, 0.15) is 53.0 Å². The molecule has 3 atom stereocenters. The number of para-hydroxylation sites is 1. The average Bonchev–Trinajstić information content (AvgIpc) is 3.26. The second kappa shape index (κ2) is 11.8. The fourth-order valence-electron chi connectivity index (χ4n) is 6.01. The van der Waals surface area contributed by atoms with Gasteiger partial charge in [-0.15, -0.1) is 0 Å². The van der Waals surface area contributed by atoms with Gasteiger partial charge in [-0.25, -0.2) is 14.2 Å². The van der Waals surface area contributed by atoms with Crippen molar-refractivity contribution in [3.8, 4) is 5.75 Å². The Kier molecular flexibility index (Phi) is 7.97. The van der Waals surface area contributed by atoms with Gasteiger partial charge in [0.15, 0.2) is 0 Å². The minimum Gasteiger partial charge on any atom is -0.489 e. The van der Waals surface area contributed by atoms with E-state index in [0.29, 0.717) is 35.5 Å². The maximum Gasteiger partial charge on any atom is 0.335 e. The minimum absolute atomic E-state index is 0.127. The lowest BCUT2D eigenvalue weighted by atomic mass is 9.81. The second-order valence-electron chi connectivity index (χ2n) is 11.1. The van der Waals surface area contributed by atoms with E-state index < -0.39 is 5.97 Å². The molecule has 9 heteroatoms. The number of aromatic nitrogens is 2. The summed E-state index contributed by atoms with van der Waals surface area (Å²) in [4.78, 5) is 19.0. The van der Waals surface area contributed by atoms with Gasteiger partial charge < -0.3 is 19.1 Å². The molecule has 0 bridgehead atoms. The zero-order valence-corrected chi connectivity index (χ0v) is 23.7. The number of aromatic carboxylic acids is 1. The molecule has 214 valence electrons. The molecule has 3 aromatic carbocycles. The number of carbonyl (C=O) groups is 1. The van der Waals surface area contributed by atoms with E-state index in [1.165, 1.54) is 6.07 Å². The zero-order valence-electron chi connectivity index (χ0n) is 22.9. The van der Waals surface area contributed by atoms with Gasteiger partial charge in [0.05, 0.1) is 35.8 Å². The highest BCUT2D eigenvalue weighted by Gasteiger charge is 2.31. The molecule has 3 heterocycles. The first-order chi connectivity index (χ1) is 19.9. The summed E-state index contributed by atoms with van der Waals surface area (Å²) in [7, 11) is 0. The van der Waals surface area contributed by atoms with E-state index >= 15 is 0 Å². The lowest BCUT2D eigenvalue weighted by molar-refractivity contribution is -0.0592. The molecule has 0 radical (unpaired) electrons. The normalized spacial score (nSPS) is 21.1. The topological polar surface area (TPSA) is 76.8 Å². The van der Waals surface area contributed by atoms with Gasteiger partial charge in [-0.1, -0.05) is 42.8 Å². The summed E-state index contributed by atoms with van der Waals surface area (Å²) in [5.41, 5.74) is 3.51. The predicted molar refractivity (Wildman–Crippen MR) is 155 cm³/mol. The van der Waals surface area contributed by atoms with Crippen molar-refractivity contribution in [3.05, 3.63) is 94.0 Å². The first kappa shape index (κ1) is 27.7. The van der Waals surface area contributed by atoms with E-state index in [2.05, 4.69) is 22.5 Å². The fourth-order valence-corrected chi connectivity index (χ4v) is 6.17. The molecule has 0 aliphatic carbocycles. The van der Waals surface area contributed by atoms with Crippen LogP contribution in [-0.4, -0.2) is 51.3 Å². The van der Waals surface area contributed by atoms with Gasteiger partial charge in [-0.2, -0.15) is 0 Å². The second-order valence-corrected chi connectivity index (χ2v) is 11.5. The molecule has 6 rings (SSSR count). The third-order valence-corrected chi connectivity index (χ3v) is 8.56. The number of carboxylic acids is 1. The Hall–Kier alpha value is -3.46. The molecule has 2 saturated heterocycles. The first-order valence-electron chi connectivity index (χ1n) is 14.1. The lowest BCUT2D eigenvalue weighted by Gasteiger charge is -2.37. The Morgan fingerprint density at radius 2 is 2.00 bits per heavy atom. The van der Waals surface area contributed by atoms with Gasteiger partial charge in [0, 0.05) is 23.7 Å². The Labute approximate surface area is 243 Å². The Morgan fingerprint density at radius 3 is 2.73 bits per heavy atom. The molecular formula is C32H33ClFN3O4. The van der Waals surface area contributed by atoms with Crippen LogP contribution in [-0.2, 0) is 24.4 Å². The molecule has 2 aliphatic rings. The quantitative estimate of drug-likeness (QED) is 0.244. The van der Waals surface area contributed by atoms with Gasteiger partial charge >= 0.3 is 5.97 Å². The number of piperidine rings is 1. The molecule has 2 unspecified atom stereocenters. The number of carboxylic acid groups (broad SMARTS) is 1. The molecule has 1 N–H and O–H groups in total. The molecule has 41 heavy (non-hydrogen) atoms. The lowest BCUT2D eigenvalue weighted by Crippen LogP contribution is -2.39. The van der Waals surface area contributed by atoms with E-state index in [0.717, 1.165) is 60.7 Å². The number of hydrogen-bond donors (Lipinski definition) is 1. The van der Waals surface area contributed by atoms with Crippen LogP contribution in [0.15, 0.2) is 60.7 Å². The number of halogens is 2.